The molecule has 0 aliphatic rings. The zero-order valence-electron chi connectivity index (χ0n) is 12.6. The van der Waals surface area contributed by atoms with E-state index in [4.69, 9.17) is 0 Å². The van der Waals surface area contributed by atoms with Crippen molar-refractivity contribution in [3.05, 3.63) is 71.8 Å². The summed E-state index contributed by atoms with van der Waals surface area (Å²) in [6, 6.07) is 18.2. The van der Waals surface area contributed by atoms with Crippen molar-refractivity contribution in [2.45, 2.75) is 12.8 Å². The molecule has 2 nitrogen and oxygen atoms in total. The Morgan fingerprint density at radius 1 is 1.00 bits per heavy atom. The fraction of sp³-hybridized carbons (Fsp3) is 0.211. The molecule has 0 fully saturated rings. The van der Waals surface area contributed by atoms with Crippen molar-refractivity contribution in [2.24, 2.45) is 0 Å². The number of rotatable bonds is 6. The van der Waals surface area contributed by atoms with Gasteiger partial charge in [-0.25, -0.2) is 0 Å². The lowest BCUT2D eigenvalue weighted by Crippen LogP contribution is -2.07. The van der Waals surface area contributed by atoms with E-state index in [0.29, 0.717) is 6.42 Å². The van der Waals surface area contributed by atoms with Crippen molar-refractivity contribution in [2.75, 3.05) is 19.0 Å². The van der Waals surface area contributed by atoms with Gasteiger partial charge >= 0.3 is 0 Å². The summed E-state index contributed by atoms with van der Waals surface area (Å²) in [5.74, 6) is 0.163. The van der Waals surface area contributed by atoms with Crippen LogP contribution < -0.4 is 4.90 Å². The van der Waals surface area contributed by atoms with Crippen LogP contribution in [-0.4, -0.2) is 19.9 Å². The zero-order valence-corrected chi connectivity index (χ0v) is 12.6. The van der Waals surface area contributed by atoms with Crippen molar-refractivity contribution < 1.29 is 4.79 Å². The van der Waals surface area contributed by atoms with Crippen LogP contribution in [0.25, 0.3) is 6.08 Å². The molecule has 0 aliphatic carbocycles. The third-order valence-corrected chi connectivity index (χ3v) is 3.37. The monoisotopic (exact) mass is 279 g/mol. The molecule has 0 bridgehead atoms. The lowest BCUT2D eigenvalue weighted by atomic mass is 10.1. The number of benzene rings is 2. The Morgan fingerprint density at radius 3 is 2.29 bits per heavy atom. The first-order chi connectivity index (χ1) is 10.1. The van der Waals surface area contributed by atoms with E-state index in [1.807, 2.05) is 62.6 Å². The smallest absolute Gasteiger partial charge is 0.156 e. The molecule has 0 saturated heterocycles. The van der Waals surface area contributed by atoms with Crippen LogP contribution in [0.3, 0.4) is 0 Å². The minimum atomic E-state index is 0.163. The quantitative estimate of drug-likeness (QED) is 0.746. The number of anilines is 1. The molecule has 0 atom stereocenters. The molecule has 2 aromatic rings. The second-order valence-corrected chi connectivity index (χ2v) is 5.27. The maximum atomic E-state index is 11.9. The molecule has 0 unspecified atom stereocenters. The summed E-state index contributed by atoms with van der Waals surface area (Å²) in [5.41, 5.74) is 3.41. The first-order valence-corrected chi connectivity index (χ1v) is 7.17. The van der Waals surface area contributed by atoms with Gasteiger partial charge in [-0.05, 0) is 35.8 Å². The highest BCUT2D eigenvalue weighted by Crippen LogP contribution is 2.13. The third-order valence-electron chi connectivity index (χ3n) is 3.37. The molecule has 2 heteroatoms. The van der Waals surface area contributed by atoms with E-state index in [9.17, 15) is 4.79 Å². The third kappa shape index (κ3) is 4.92. The second kappa shape index (κ2) is 7.44. The molecule has 0 amide bonds. The van der Waals surface area contributed by atoms with Crippen molar-refractivity contribution >= 4 is 17.5 Å². The van der Waals surface area contributed by atoms with E-state index in [-0.39, 0.29) is 5.78 Å². The fourth-order valence-electron chi connectivity index (χ4n) is 2.07. The van der Waals surface area contributed by atoms with E-state index in [0.717, 1.165) is 17.7 Å². The maximum absolute atomic E-state index is 11.9. The zero-order chi connectivity index (χ0) is 15.1. The summed E-state index contributed by atoms with van der Waals surface area (Å²) >= 11 is 0. The molecule has 108 valence electrons. The summed E-state index contributed by atoms with van der Waals surface area (Å²) < 4.78 is 0. The van der Waals surface area contributed by atoms with Crippen molar-refractivity contribution in [3.8, 4) is 0 Å². The van der Waals surface area contributed by atoms with Crippen LogP contribution in [0.4, 0.5) is 5.69 Å². The average molecular weight is 279 g/mol. The van der Waals surface area contributed by atoms with Gasteiger partial charge in [0.2, 0.25) is 0 Å². The average Bonchev–Trinajstić information content (AvgIpc) is 2.52. The number of carbonyl (C=O) groups is 1. The van der Waals surface area contributed by atoms with E-state index in [2.05, 4.69) is 17.0 Å². The molecule has 0 N–H and O–H groups in total. The molecule has 2 aromatic carbocycles. The molecule has 0 heterocycles. The molecule has 0 saturated carbocycles. The molecular weight excluding hydrogens is 258 g/mol. The number of nitrogens with zero attached hydrogens (tertiary/aromatic N) is 1. The standard InChI is InChI=1S/C19H21NO/c1-20(2)18-12-8-17(9-13-18)11-15-19(21)14-10-16-6-4-3-5-7-16/h3-9,11-13,15H,10,14H2,1-2H3/b15-11-. The van der Waals surface area contributed by atoms with Gasteiger partial charge in [-0.2, -0.15) is 0 Å². The highest BCUT2D eigenvalue weighted by Gasteiger charge is 1.99. The Balaban J connectivity index is 1.87. The number of allylic oxidation sites excluding steroid dienone is 1. The lowest BCUT2D eigenvalue weighted by molar-refractivity contribution is -0.114. The van der Waals surface area contributed by atoms with Gasteiger partial charge in [0.05, 0.1) is 0 Å². The van der Waals surface area contributed by atoms with E-state index in [1.54, 1.807) is 6.08 Å². The summed E-state index contributed by atoms with van der Waals surface area (Å²) in [4.78, 5) is 13.9. The predicted octanol–water partition coefficient (Wildman–Crippen LogP) is 3.97. The van der Waals surface area contributed by atoms with Gasteiger partial charge in [-0.1, -0.05) is 48.5 Å². The normalized spacial score (nSPS) is 10.8. The number of ketones is 1. The maximum Gasteiger partial charge on any atom is 0.156 e. The van der Waals surface area contributed by atoms with Crippen LogP contribution in [-0.2, 0) is 11.2 Å². The molecule has 21 heavy (non-hydrogen) atoms. The van der Waals surface area contributed by atoms with Gasteiger partial charge in [0.1, 0.15) is 0 Å². The van der Waals surface area contributed by atoms with Gasteiger partial charge in [0, 0.05) is 26.2 Å². The van der Waals surface area contributed by atoms with Gasteiger partial charge in [-0.15, -0.1) is 0 Å². The van der Waals surface area contributed by atoms with E-state index >= 15 is 0 Å². The Morgan fingerprint density at radius 2 is 1.67 bits per heavy atom. The highest BCUT2D eigenvalue weighted by molar-refractivity contribution is 5.93. The van der Waals surface area contributed by atoms with Crippen LogP contribution in [0.15, 0.2) is 60.7 Å². The summed E-state index contributed by atoms with van der Waals surface area (Å²) in [6.45, 7) is 0. The van der Waals surface area contributed by atoms with Crippen molar-refractivity contribution in [3.63, 3.8) is 0 Å². The summed E-state index contributed by atoms with van der Waals surface area (Å²) in [6.07, 6.45) is 4.90. The van der Waals surface area contributed by atoms with Crippen LogP contribution in [0, 0.1) is 0 Å². The number of aryl methyl sites for hydroxylation is 1. The first kappa shape index (κ1) is 15.0. The molecule has 0 spiro atoms. The molecule has 2 rings (SSSR count). The Kier molecular flexibility index (Phi) is 5.33. The topological polar surface area (TPSA) is 20.3 Å². The van der Waals surface area contributed by atoms with Gasteiger partial charge < -0.3 is 4.90 Å². The second-order valence-electron chi connectivity index (χ2n) is 5.27. The summed E-state index contributed by atoms with van der Waals surface area (Å²) in [5, 5.41) is 0. The van der Waals surface area contributed by atoms with Crippen molar-refractivity contribution in [1.29, 1.82) is 0 Å². The minimum absolute atomic E-state index is 0.163. The predicted molar refractivity (Wildman–Crippen MR) is 89.6 cm³/mol. The molecule has 0 aliphatic heterocycles. The number of hydrogen-bond acceptors (Lipinski definition) is 2. The highest BCUT2D eigenvalue weighted by atomic mass is 16.1. The van der Waals surface area contributed by atoms with Crippen molar-refractivity contribution in [1.82, 2.24) is 0 Å². The Bertz CT molecular complexity index is 597. The summed E-state index contributed by atoms with van der Waals surface area (Å²) in [7, 11) is 4.02. The van der Waals surface area contributed by atoms with Gasteiger partial charge in [0.25, 0.3) is 0 Å². The fourth-order valence-corrected chi connectivity index (χ4v) is 2.07. The Hall–Kier alpha value is -2.35. The molecule has 0 aromatic heterocycles. The lowest BCUT2D eigenvalue weighted by Gasteiger charge is -2.11. The molecule has 0 radical (unpaired) electrons. The largest absolute Gasteiger partial charge is 0.378 e. The SMILES string of the molecule is CN(C)c1ccc(/C=C\C(=O)CCc2ccccc2)cc1. The van der Waals surface area contributed by atoms with Gasteiger partial charge in [-0.3, -0.25) is 4.79 Å². The first-order valence-electron chi connectivity index (χ1n) is 7.17. The Labute approximate surface area is 126 Å². The number of hydrogen-bond donors (Lipinski definition) is 0. The van der Waals surface area contributed by atoms with Crippen LogP contribution >= 0.6 is 0 Å². The molecular formula is C19H21NO. The van der Waals surface area contributed by atoms with Crippen LogP contribution in [0.2, 0.25) is 0 Å². The number of carbonyl (C=O) groups excluding carboxylic acids is 1. The minimum Gasteiger partial charge on any atom is -0.378 e. The van der Waals surface area contributed by atoms with Crippen LogP contribution in [0.5, 0.6) is 0 Å². The van der Waals surface area contributed by atoms with E-state index in [1.165, 1.54) is 5.56 Å². The van der Waals surface area contributed by atoms with Crippen LogP contribution in [0.1, 0.15) is 17.5 Å². The van der Waals surface area contributed by atoms with Gasteiger partial charge in [0.15, 0.2) is 5.78 Å². The van der Waals surface area contributed by atoms with E-state index < -0.39 is 0 Å².